The molecule has 2 amide bonds. The maximum Gasteiger partial charge on any atom is 0.257 e. The van der Waals surface area contributed by atoms with Gasteiger partial charge in [-0.3, -0.25) is 14.3 Å². The van der Waals surface area contributed by atoms with E-state index in [4.69, 9.17) is 11.2 Å². The zero-order valence-electron chi connectivity index (χ0n) is 17.3. The number of aromatic nitrogens is 2. The normalized spacial score (nSPS) is 23.6. The first-order valence-corrected chi connectivity index (χ1v) is 10.6. The molecule has 156 valence electrons. The number of ether oxygens (including phenoxy) is 1. The van der Waals surface area contributed by atoms with Crippen molar-refractivity contribution in [1.82, 2.24) is 19.6 Å². The summed E-state index contributed by atoms with van der Waals surface area (Å²) in [7, 11) is 0. The SMILES string of the molecule is C#CC1CN(C(=O)CC2CN(C(=O)c3cnn(CC(C)C)c3)C3(CCC3)CO2)C1. The summed E-state index contributed by atoms with van der Waals surface area (Å²) in [4.78, 5) is 29.6. The highest BCUT2D eigenvalue weighted by molar-refractivity contribution is 5.94. The Hall–Kier alpha value is -2.33. The number of morpholine rings is 1. The molecule has 7 nitrogen and oxygen atoms in total. The second-order valence-corrected chi connectivity index (χ2v) is 9.14. The van der Waals surface area contributed by atoms with E-state index in [0.29, 0.717) is 44.1 Å². The molecule has 1 aliphatic carbocycles. The van der Waals surface area contributed by atoms with Gasteiger partial charge in [0.25, 0.3) is 5.91 Å². The van der Waals surface area contributed by atoms with Crippen LogP contribution < -0.4 is 0 Å². The molecular weight excluding hydrogens is 368 g/mol. The highest BCUT2D eigenvalue weighted by atomic mass is 16.5. The second-order valence-electron chi connectivity index (χ2n) is 9.14. The highest BCUT2D eigenvalue weighted by Gasteiger charge is 2.49. The summed E-state index contributed by atoms with van der Waals surface area (Å²) < 4.78 is 7.88. The molecular formula is C22H30N4O3. The van der Waals surface area contributed by atoms with Gasteiger partial charge in [0.15, 0.2) is 0 Å². The molecule has 1 atom stereocenters. The third-order valence-corrected chi connectivity index (χ3v) is 6.38. The summed E-state index contributed by atoms with van der Waals surface area (Å²) in [5.41, 5.74) is 0.394. The minimum Gasteiger partial charge on any atom is -0.373 e. The van der Waals surface area contributed by atoms with Crippen LogP contribution in [0.25, 0.3) is 0 Å². The molecule has 2 aliphatic heterocycles. The lowest BCUT2D eigenvalue weighted by atomic mass is 9.74. The molecule has 0 aromatic carbocycles. The Morgan fingerprint density at radius 2 is 2.10 bits per heavy atom. The maximum absolute atomic E-state index is 13.3. The van der Waals surface area contributed by atoms with Gasteiger partial charge in [0, 0.05) is 32.4 Å². The van der Waals surface area contributed by atoms with Crippen molar-refractivity contribution in [2.75, 3.05) is 26.2 Å². The second kappa shape index (κ2) is 7.83. The lowest BCUT2D eigenvalue weighted by molar-refractivity contribution is -0.151. The fourth-order valence-electron chi connectivity index (χ4n) is 4.44. The van der Waals surface area contributed by atoms with Crippen molar-refractivity contribution < 1.29 is 14.3 Å². The van der Waals surface area contributed by atoms with E-state index in [1.165, 1.54) is 0 Å². The molecule has 7 heteroatoms. The van der Waals surface area contributed by atoms with Crippen LogP contribution in [-0.4, -0.2) is 69.3 Å². The zero-order chi connectivity index (χ0) is 20.6. The summed E-state index contributed by atoms with van der Waals surface area (Å²) in [6, 6.07) is 0. The molecule has 2 saturated heterocycles. The van der Waals surface area contributed by atoms with E-state index in [2.05, 4.69) is 24.9 Å². The molecule has 0 bridgehead atoms. The lowest BCUT2D eigenvalue weighted by Gasteiger charge is -2.54. The fourth-order valence-corrected chi connectivity index (χ4v) is 4.44. The number of likely N-dealkylation sites (tertiary alicyclic amines) is 1. The first-order valence-electron chi connectivity index (χ1n) is 10.6. The van der Waals surface area contributed by atoms with Gasteiger partial charge < -0.3 is 14.5 Å². The van der Waals surface area contributed by atoms with Gasteiger partial charge in [-0.25, -0.2) is 0 Å². The maximum atomic E-state index is 13.3. The van der Waals surface area contributed by atoms with E-state index in [-0.39, 0.29) is 29.4 Å². The predicted octanol–water partition coefficient (Wildman–Crippen LogP) is 1.78. The van der Waals surface area contributed by atoms with Crippen molar-refractivity contribution in [1.29, 1.82) is 0 Å². The summed E-state index contributed by atoms with van der Waals surface area (Å²) in [6.45, 7) is 7.25. The molecule has 1 aromatic heterocycles. The summed E-state index contributed by atoms with van der Waals surface area (Å²) in [5.74, 6) is 3.37. The van der Waals surface area contributed by atoms with Crippen LogP contribution in [-0.2, 0) is 16.1 Å². The molecule has 29 heavy (non-hydrogen) atoms. The average molecular weight is 399 g/mol. The van der Waals surface area contributed by atoms with Gasteiger partial charge >= 0.3 is 0 Å². The van der Waals surface area contributed by atoms with Gasteiger partial charge in [0.05, 0.1) is 42.3 Å². The van der Waals surface area contributed by atoms with Crippen molar-refractivity contribution in [3.05, 3.63) is 18.0 Å². The van der Waals surface area contributed by atoms with E-state index in [1.807, 2.05) is 15.8 Å². The van der Waals surface area contributed by atoms with E-state index in [1.54, 1.807) is 11.1 Å². The van der Waals surface area contributed by atoms with Crippen LogP contribution in [0.4, 0.5) is 0 Å². The molecule has 3 heterocycles. The van der Waals surface area contributed by atoms with E-state index >= 15 is 0 Å². The Morgan fingerprint density at radius 3 is 2.72 bits per heavy atom. The Balaban J connectivity index is 1.42. The number of nitrogens with zero attached hydrogens (tertiary/aromatic N) is 4. The molecule has 3 aliphatic rings. The van der Waals surface area contributed by atoms with Crippen LogP contribution in [0.3, 0.4) is 0 Å². The molecule has 1 unspecified atom stereocenters. The Labute approximate surface area is 172 Å². The number of terminal acetylenes is 1. The number of carbonyl (C=O) groups is 2. The Morgan fingerprint density at radius 1 is 1.34 bits per heavy atom. The van der Waals surface area contributed by atoms with Crippen LogP contribution in [0.1, 0.15) is 49.9 Å². The number of carbonyl (C=O) groups excluding carboxylic acids is 2. The minimum absolute atomic E-state index is 0.00296. The molecule has 0 radical (unpaired) electrons. The number of hydrogen-bond donors (Lipinski definition) is 0. The lowest BCUT2D eigenvalue weighted by Crippen LogP contribution is -2.65. The van der Waals surface area contributed by atoms with Crippen LogP contribution in [0, 0.1) is 24.2 Å². The van der Waals surface area contributed by atoms with E-state index < -0.39 is 0 Å². The van der Waals surface area contributed by atoms with Gasteiger partial charge in [-0.05, 0) is 25.2 Å². The highest BCUT2D eigenvalue weighted by Crippen LogP contribution is 2.42. The minimum atomic E-state index is -0.270. The van der Waals surface area contributed by atoms with Gasteiger partial charge in [-0.15, -0.1) is 6.42 Å². The summed E-state index contributed by atoms with van der Waals surface area (Å²) in [6.07, 6.45) is 11.9. The van der Waals surface area contributed by atoms with E-state index in [9.17, 15) is 9.59 Å². The van der Waals surface area contributed by atoms with Gasteiger partial charge in [0.2, 0.25) is 5.91 Å². The third kappa shape index (κ3) is 3.91. The molecule has 4 rings (SSSR count). The van der Waals surface area contributed by atoms with Crippen molar-refractivity contribution in [2.24, 2.45) is 11.8 Å². The van der Waals surface area contributed by atoms with Crippen LogP contribution in [0.2, 0.25) is 0 Å². The van der Waals surface area contributed by atoms with Crippen molar-refractivity contribution >= 4 is 11.8 Å². The molecule has 1 aromatic rings. The van der Waals surface area contributed by atoms with Gasteiger partial charge in [0.1, 0.15) is 0 Å². The summed E-state index contributed by atoms with van der Waals surface area (Å²) >= 11 is 0. The van der Waals surface area contributed by atoms with Gasteiger partial charge in [-0.1, -0.05) is 19.8 Å². The average Bonchev–Trinajstić information content (AvgIpc) is 3.06. The van der Waals surface area contributed by atoms with E-state index in [0.717, 1.165) is 25.8 Å². The molecule has 1 spiro atoms. The smallest absolute Gasteiger partial charge is 0.257 e. The zero-order valence-corrected chi connectivity index (χ0v) is 17.3. The number of amides is 2. The number of hydrogen-bond acceptors (Lipinski definition) is 4. The standard InChI is InChI=1S/C22H30N4O3/c1-4-17-11-24(12-17)20(27)8-19-14-26(22(15-29-19)6-5-7-22)21(28)18-9-23-25(13-18)10-16(2)3/h1,9,13,16-17,19H,5-8,10-12,14-15H2,2-3H3. The van der Waals surface area contributed by atoms with Crippen molar-refractivity contribution in [3.8, 4) is 12.3 Å². The Bertz CT molecular complexity index is 814. The van der Waals surface area contributed by atoms with Crippen molar-refractivity contribution in [3.63, 3.8) is 0 Å². The number of rotatable bonds is 5. The van der Waals surface area contributed by atoms with Gasteiger partial charge in [-0.2, -0.15) is 5.10 Å². The topological polar surface area (TPSA) is 67.7 Å². The molecule has 3 fully saturated rings. The predicted molar refractivity (Wildman–Crippen MR) is 108 cm³/mol. The molecule has 1 saturated carbocycles. The van der Waals surface area contributed by atoms with Crippen LogP contribution in [0.5, 0.6) is 0 Å². The quantitative estimate of drug-likeness (QED) is 0.709. The third-order valence-electron chi connectivity index (χ3n) is 6.38. The monoisotopic (exact) mass is 398 g/mol. The van der Waals surface area contributed by atoms with Crippen molar-refractivity contribution in [2.45, 2.75) is 57.7 Å². The largest absolute Gasteiger partial charge is 0.373 e. The van der Waals surface area contributed by atoms with Crippen LogP contribution in [0.15, 0.2) is 12.4 Å². The fraction of sp³-hybridized carbons (Fsp3) is 0.682. The first-order chi connectivity index (χ1) is 13.9. The Kier molecular flexibility index (Phi) is 5.39. The molecule has 0 N–H and O–H groups in total. The first kappa shape index (κ1) is 20.0. The van der Waals surface area contributed by atoms with Crippen LogP contribution >= 0.6 is 0 Å². The summed E-state index contributed by atoms with van der Waals surface area (Å²) in [5, 5.41) is 4.35.